The molecule has 0 heterocycles. The average molecular weight is 182 g/mol. The zero-order chi connectivity index (χ0) is 5.11. The number of hydrogen-bond donors (Lipinski definition) is 0. The van der Waals surface area contributed by atoms with Crippen molar-refractivity contribution in [2.75, 3.05) is 0 Å². The van der Waals surface area contributed by atoms with Gasteiger partial charge in [-0.25, -0.2) is 0 Å². The van der Waals surface area contributed by atoms with E-state index in [4.69, 9.17) is 5.73 Å². The van der Waals surface area contributed by atoms with Crippen LogP contribution in [0.4, 0.5) is 0 Å². The second-order valence-corrected chi connectivity index (χ2v) is 2.33. The van der Waals surface area contributed by atoms with Gasteiger partial charge >= 0.3 is 0 Å². The monoisotopic (exact) mass is 182 g/mol. The quantitative estimate of drug-likeness (QED) is 0.515. The van der Waals surface area contributed by atoms with Crippen molar-refractivity contribution in [3.63, 3.8) is 0 Å². The van der Waals surface area contributed by atoms with Crippen molar-refractivity contribution < 1.29 is 21.7 Å². The van der Waals surface area contributed by atoms with Crippen LogP contribution in [-0.2, 0) is 21.7 Å². The second kappa shape index (κ2) is 7.08. The summed E-state index contributed by atoms with van der Waals surface area (Å²) in [6, 6.07) is 0.286. The SMILES string of the molecule is Cl.[NH-]C1CCCCC1.[Ti]. The Balaban J connectivity index is 0. The molecule has 1 saturated carbocycles. The van der Waals surface area contributed by atoms with Crippen molar-refractivity contribution >= 4 is 12.4 Å². The van der Waals surface area contributed by atoms with E-state index < -0.39 is 0 Å². The summed E-state index contributed by atoms with van der Waals surface area (Å²) in [7, 11) is 0. The van der Waals surface area contributed by atoms with E-state index >= 15 is 0 Å². The predicted molar refractivity (Wildman–Crippen MR) is 38.4 cm³/mol. The van der Waals surface area contributed by atoms with Crippen LogP contribution in [-0.4, -0.2) is 6.04 Å². The largest absolute Gasteiger partial charge is 0.675 e. The van der Waals surface area contributed by atoms with Gasteiger partial charge in [0.1, 0.15) is 0 Å². The van der Waals surface area contributed by atoms with Crippen molar-refractivity contribution in [3.8, 4) is 0 Å². The summed E-state index contributed by atoms with van der Waals surface area (Å²) in [5, 5.41) is 0. The second-order valence-electron chi connectivity index (χ2n) is 2.33. The van der Waals surface area contributed by atoms with E-state index in [0.717, 1.165) is 12.8 Å². The molecule has 1 aliphatic rings. The maximum absolute atomic E-state index is 7.27. The van der Waals surface area contributed by atoms with Crippen LogP contribution in [0.25, 0.3) is 5.73 Å². The molecule has 1 aliphatic carbocycles. The van der Waals surface area contributed by atoms with Crippen molar-refractivity contribution in [3.05, 3.63) is 5.73 Å². The van der Waals surface area contributed by atoms with Crippen LogP contribution < -0.4 is 0 Å². The third-order valence-electron chi connectivity index (χ3n) is 1.61. The molecule has 0 spiro atoms. The maximum atomic E-state index is 7.27. The minimum absolute atomic E-state index is 0. The Morgan fingerprint density at radius 3 is 1.67 bits per heavy atom. The topological polar surface area (TPSA) is 23.8 Å². The Kier molecular flexibility index (Phi) is 9.92. The normalized spacial score (nSPS) is 19.7. The molecule has 0 atom stereocenters. The molecule has 0 amide bonds. The molecule has 1 fully saturated rings. The predicted octanol–water partition coefficient (Wildman–Crippen LogP) is 2.79. The first-order chi connectivity index (χ1) is 3.39. The van der Waals surface area contributed by atoms with Crippen molar-refractivity contribution in [2.24, 2.45) is 0 Å². The summed E-state index contributed by atoms with van der Waals surface area (Å²) in [5.41, 5.74) is 7.27. The molecular weight excluding hydrogens is 169 g/mol. The van der Waals surface area contributed by atoms with E-state index in [1.807, 2.05) is 0 Å². The summed E-state index contributed by atoms with van der Waals surface area (Å²) in [4.78, 5) is 0. The molecule has 0 aromatic heterocycles. The van der Waals surface area contributed by atoms with E-state index in [-0.39, 0.29) is 40.2 Å². The molecule has 54 valence electrons. The summed E-state index contributed by atoms with van der Waals surface area (Å²) >= 11 is 0. The van der Waals surface area contributed by atoms with Gasteiger partial charge in [0, 0.05) is 21.7 Å². The minimum atomic E-state index is 0. The zero-order valence-electron chi connectivity index (χ0n) is 5.52. The molecule has 0 aromatic rings. The standard InChI is InChI=1S/C6H12N.ClH.Ti/c7-6-4-2-1-3-5-6;;/h6-7H,1-5H2;1H;/q-1;;. The molecule has 0 aliphatic heterocycles. The van der Waals surface area contributed by atoms with E-state index in [1.54, 1.807) is 0 Å². The van der Waals surface area contributed by atoms with Crippen molar-refractivity contribution in [2.45, 2.75) is 38.1 Å². The Morgan fingerprint density at radius 2 is 1.44 bits per heavy atom. The first-order valence-corrected chi connectivity index (χ1v) is 3.11. The minimum Gasteiger partial charge on any atom is -0.675 e. The van der Waals surface area contributed by atoms with Crippen LogP contribution in [0, 0.1) is 0 Å². The molecule has 0 bridgehead atoms. The molecular formula is C6H13ClNTi-. The van der Waals surface area contributed by atoms with Crippen molar-refractivity contribution in [1.29, 1.82) is 0 Å². The fourth-order valence-corrected chi connectivity index (χ4v) is 1.10. The first kappa shape index (κ1) is 12.6. The summed E-state index contributed by atoms with van der Waals surface area (Å²) in [6.45, 7) is 0. The van der Waals surface area contributed by atoms with Gasteiger partial charge in [0.15, 0.2) is 0 Å². The summed E-state index contributed by atoms with van der Waals surface area (Å²) in [6.07, 6.45) is 6.28. The molecule has 0 aromatic carbocycles. The van der Waals surface area contributed by atoms with Gasteiger partial charge in [-0.15, -0.1) is 18.4 Å². The van der Waals surface area contributed by atoms with Gasteiger partial charge in [-0.1, -0.05) is 32.1 Å². The molecule has 1 nitrogen and oxygen atoms in total. The fourth-order valence-electron chi connectivity index (χ4n) is 1.10. The number of hydrogen-bond acceptors (Lipinski definition) is 0. The molecule has 1 N–H and O–H groups in total. The molecule has 0 saturated heterocycles. The maximum Gasteiger partial charge on any atom is 0 e. The molecule has 9 heavy (non-hydrogen) atoms. The molecule has 0 radical (unpaired) electrons. The number of rotatable bonds is 0. The van der Waals surface area contributed by atoms with E-state index in [0.29, 0.717) is 0 Å². The van der Waals surface area contributed by atoms with Crippen molar-refractivity contribution in [1.82, 2.24) is 0 Å². The van der Waals surface area contributed by atoms with Crippen LogP contribution in [0.3, 0.4) is 0 Å². The van der Waals surface area contributed by atoms with Crippen LogP contribution >= 0.6 is 12.4 Å². The summed E-state index contributed by atoms with van der Waals surface area (Å²) in [5.74, 6) is 0. The van der Waals surface area contributed by atoms with Gasteiger partial charge in [0.25, 0.3) is 0 Å². The van der Waals surface area contributed by atoms with Gasteiger partial charge in [0.2, 0.25) is 0 Å². The number of nitrogens with one attached hydrogen (secondary N) is 1. The van der Waals surface area contributed by atoms with Gasteiger partial charge in [-0.05, 0) is 0 Å². The van der Waals surface area contributed by atoms with Gasteiger partial charge in [-0.2, -0.15) is 0 Å². The van der Waals surface area contributed by atoms with Crippen LogP contribution in [0.15, 0.2) is 0 Å². The smallest absolute Gasteiger partial charge is 0 e. The van der Waals surface area contributed by atoms with Gasteiger partial charge < -0.3 is 5.73 Å². The van der Waals surface area contributed by atoms with Crippen LogP contribution in [0.5, 0.6) is 0 Å². The Labute approximate surface area is 78.1 Å². The molecule has 0 unspecified atom stereocenters. The third-order valence-corrected chi connectivity index (χ3v) is 1.61. The third kappa shape index (κ3) is 5.41. The van der Waals surface area contributed by atoms with E-state index in [2.05, 4.69) is 0 Å². The van der Waals surface area contributed by atoms with E-state index in [1.165, 1.54) is 19.3 Å². The average Bonchev–Trinajstić information content (AvgIpc) is 1.69. The molecule has 3 heteroatoms. The Hall–Kier alpha value is 0.964. The summed E-state index contributed by atoms with van der Waals surface area (Å²) < 4.78 is 0. The van der Waals surface area contributed by atoms with E-state index in [9.17, 15) is 0 Å². The Morgan fingerprint density at radius 1 is 1.00 bits per heavy atom. The fraction of sp³-hybridized carbons (Fsp3) is 1.00. The Bertz CT molecular complexity index is 55.0. The zero-order valence-corrected chi connectivity index (χ0v) is 7.90. The van der Waals surface area contributed by atoms with Gasteiger partial charge in [0.05, 0.1) is 0 Å². The van der Waals surface area contributed by atoms with Gasteiger partial charge in [-0.3, -0.25) is 0 Å². The number of halogens is 1. The first-order valence-electron chi connectivity index (χ1n) is 3.11. The van der Waals surface area contributed by atoms with Crippen LogP contribution in [0.2, 0.25) is 0 Å². The van der Waals surface area contributed by atoms with Crippen LogP contribution in [0.1, 0.15) is 32.1 Å². The molecule has 1 rings (SSSR count).